The Balaban J connectivity index is 2.24. The maximum atomic E-state index is 12.6. The minimum absolute atomic E-state index is 0.0852. The van der Waals surface area contributed by atoms with Crippen molar-refractivity contribution in [2.75, 3.05) is 33.8 Å². The van der Waals surface area contributed by atoms with Crippen LogP contribution >= 0.6 is 0 Å². The van der Waals surface area contributed by atoms with Crippen LogP contribution < -0.4 is 0 Å². The van der Waals surface area contributed by atoms with Gasteiger partial charge in [0.15, 0.2) is 0 Å². The third kappa shape index (κ3) is 3.01. The molecule has 0 aromatic carbocycles. The predicted octanol–water partition coefficient (Wildman–Crippen LogP) is -0.780. The molecule has 1 N–H and O–H groups in total. The lowest BCUT2D eigenvalue weighted by Crippen LogP contribution is -2.35. The van der Waals surface area contributed by atoms with E-state index in [-0.39, 0.29) is 36.4 Å². The fourth-order valence-electron chi connectivity index (χ4n) is 2.62. The molecule has 1 aromatic rings. The number of amides is 1. The number of aromatic nitrogens is 2. The molecule has 9 heteroatoms. The van der Waals surface area contributed by atoms with Crippen molar-refractivity contribution >= 4 is 15.9 Å². The number of carbonyl (C=O) groups is 1. The fraction of sp³-hybridized carbons (Fsp3) is 0.692. The van der Waals surface area contributed by atoms with E-state index in [2.05, 4.69) is 5.10 Å². The third-order valence-corrected chi connectivity index (χ3v) is 5.76. The van der Waals surface area contributed by atoms with Gasteiger partial charge in [-0.05, 0) is 6.92 Å². The van der Waals surface area contributed by atoms with Gasteiger partial charge >= 0.3 is 0 Å². The van der Waals surface area contributed by atoms with Crippen molar-refractivity contribution in [2.45, 2.75) is 18.4 Å². The van der Waals surface area contributed by atoms with Gasteiger partial charge in [0.25, 0.3) is 0 Å². The van der Waals surface area contributed by atoms with Gasteiger partial charge in [-0.25, -0.2) is 8.42 Å². The Labute approximate surface area is 130 Å². The summed E-state index contributed by atoms with van der Waals surface area (Å²) in [6.45, 7) is 2.45. The number of nitrogens with zero attached hydrogens (tertiary/aromatic N) is 4. The fourth-order valence-corrected chi connectivity index (χ4v) is 4.10. The Kier molecular flexibility index (Phi) is 4.88. The van der Waals surface area contributed by atoms with E-state index in [4.69, 9.17) is 0 Å². The highest BCUT2D eigenvalue weighted by Gasteiger charge is 2.43. The Bertz CT molecular complexity index is 640. The highest BCUT2D eigenvalue weighted by Crippen LogP contribution is 2.29. The van der Waals surface area contributed by atoms with Gasteiger partial charge in [0.2, 0.25) is 15.9 Å². The van der Waals surface area contributed by atoms with Crippen LogP contribution in [0.15, 0.2) is 17.3 Å². The lowest BCUT2D eigenvalue weighted by Gasteiger charge is -2.19. The van der Waals surface area contributed by atoms with Crippen LogP contribution in [0.2, 0.25) is 0 Å². The van der Waals surface area contributed by atoms with Crippen LogP contribution in [0.25, 0.3) is 0 Å². The Morgan fingerprint density at radius 3 is 2.64 bits per heavy atom. The summed E-state index contributed by atoms with van der Waals surface area (Å²) in [6.07, 6.45) is 2.79. The average molecular weight is 330 g/mol. The largest absolute Gasteiger partial charge is 0.396 e. The molecule has 2 rings (SSSR count). The molecule has 22 heavy (non-hydrogen) atoms. The first kappa shape index (κ1) is 16.9. The molecular weight excluding hydrogens is 308 g/mol. The molecule has 0 saturated carbocycles. The summed E-state index contributed by atoms with van der Waals surface area (Å²) >= 11 is 0. The molecule has 1 amide bonds. The molecule has 2 atom stereocenters. The monoisotopic (exact) mass is 330 g/mol. The first-order valence-electron chi connectivity index (χ1n) is 7.15. The second-order valence-corrected chi connectivity index (χ2v) is 7.57. The van der Waals surface area contributed by atoms with Crippen molar-refractivity contribution in [2.24, 2.45) is 11.8 Å². The Morgan fingerprint density at radius 1 is 1.45 bits per heavy atom. The summed E-state index contributed by atoms with van der Waals surface area (Å²) in [6, 6.07) is 0. The van der Waals surface area contributed by atoms with Crippen molar-refractivity contribution in [1.82, 2.24) is 19.0 Å². The molecule has 1 saturated heterocycles. The summed E-state index contributed by atoms with van der Waals surface area (Å²) < 4.78 is 28.1. The van der Waals surface area contributed by atoms with E-state index in [0.717, 1.165) is 0 Å². The van der Waals surface area contributed by atoms with Gasteiger partial charge in [-0.3, -0.25) is 9.48 Å². The van der Waals surface area contributed by atoms with Crippen molar-refractivity contribution in [3.05, 3.63) is 12.4 Å². The zero-order valence-electron chi connectivity index (χ0n) is 13.0. The smallest absolute Gasteiger partial charge is 0.246 e. The van der Waals surface area contributed by atoms with Crippen LogP contribution in [0, 0.1) is 11.8 Å². The van der Waals surface area contributed by atoms with Crippen LogP contribution in [-0.4, -0.2) is 72.2 Å². The number of aliphatic hydroxyl groups excluding tert-OH is 1. The van der Waals surface area contributed by atoms with Crippen molar-refractivity contribution < 1.29 is 18.3 Å². The summed E-state index contributed by atoms with van der Waals surface area (Å²) in [7, 11) is -0.447. The van der Waals surface area contributed by atoms with Gasteiger partial charge in [-0.1, -0.05) is 0 Å². The van der Waals surface area contributed by atoms with Crippen LogP contribution in [0.3, 0.4) is 0 Å². The summed E-state index contributed by atoms with van der Waals surface area (Å²) in [5.41, 5.74) is 0. The maximum Gasteiger partial charge on any atom is 0.246 e. The number of carbonyl (C=O) groups excluding carboxylic acids is 1. The maximum absolute atomic E-state index is 12.6. The molecule has 1 aliphatic rings. The molecule has 8 nitrogen and oxygen atoms in total. The summed E-state index contributed by atoms with van der Waals surface area (Å²) in [5, 5.41) is 13.4. The second kappa shape index (κ2) is 6.35. The minimum Gasteiger partial charge on any atom is -0.396 e. The highest BCUT2D eigenvalue weighted by molar-refractivity contribution is 7.89. The molecule has 1 aromatic heterocycles. The van der Waals surface area contributed by atoms with Crippen LogP contribution in [0.4, 0.5) is 0 Å². The molecule has 1 fully saturated rings. The molecule has 0 aliphatic carbocycles. The number of aryl methyl sites for hydroxylation is 1. The van der Waals surface area contributed by atoms with E-state index in [9.17, 15) is 18.3 Å². The molecule has 0 spiro atoms. The molecular formula is C13H22N4O4S. The predicted molar refractivity (Wildman–Crippen MR) is 79.4 cm³/mol. The standard InChI is InChI=1S/C13H22N4O4S/c1-4-16-7-11(5-14-16)22(20,21)17-6-10(9-18)12(8-17)13(19)15(2)3/h5,7,10,12,18H,4,6,8-9H2,1-3H3/t10-,12+/m0/s1. The number of rotatable bonds is 5. The third-order valence-electron chi connectivity index (χ3n) is 3.97. The van der Waals surface area contributed by atoms with Crippen LogP contribution in [0.5, 0.6) is 0 Å². The first-order chi connectivity index (χ1) is 10.3. The molecule has 0 unspecified atom stereocenters. The Hall–Kier alpha value is -1.45. The van der Waals surface area contributed by atoms with Crippen LogP contribution in [0.1, 0.15) is 6.92 Å². The quantitative estimate of drug-likeness (QED) is 0.764. The average Bonchev–Trinajstić information content (AvgIpc) is 3.13. The van der Waals surface area contributed by atoms with Gasteiger partial charge in [-0.15, -0.1) is 0 Å². The Morgan fingerprint density at radius 2 is 2.14 bits per heavy atom. The van der Waals surface area contributed by atoms with E-state index < -0.39 is 15.9 Å². The zero-order valence-corrected chi connectivity index (χ0v) is 13.8. The van der Waals surface area contributed by atoms with Crippen LogP contribution in [-0.2, 0) is 21.4 Å². The van der Waals surface area contributed by atoms with Gasteiger partial charge in [0, 0.05) is 52.5 Å². The molecule has 1 aliphatic heterocycles. The van der Waals surface area contributed by atoms with Crippen molar-refractivity contribution in [3.63, 3.8) is 0 Å². The van der Waals surface area contributed by atoms with Gasteiger partial charge in [0.05, 0.1) is 12.1 Å². The van der Waals surface area contributed by atoms with Crippen molar-refractivity contribution in [3.8, 4) is 0 Å². The summed E-state index contributed by atoms with van der Waals surface area (Å²) in [5.74, 6) is -1.07. The zero-order chi connectivity index (χ0) is 16.5. The minimum atomic E-state index is -3.69. The molecule has 2 heterocycles. The lowest BCUT2D eigenvalue weighted by atomic mass is 9.96. The van der Waals surface area contributed by atoms with Gasteiger partial charge in [0.1, 0.15) is 4.90 Å². The molecule has 0 radical (unpaired) electrons. The van der Waals surface area contributed by atoms with Crippen molar-refractivity contribution in [1.29, 1.82) is 0 Å². The van der Waals surface area contributed by atoms with Gasteiger partial charge < -0.3 is 10.0 Å². The topological polar surface area (TPSA) is 95.7 Å². The highest BCUT2D eigenvalue weighted by atomic mass is 32.2. The number of sulfonamides is 1. The summed E-state index contributed by atoms with van der Waals surface area (Å²) in [4.78, 5) is 13.7. The first-order valence-corrected chi connectivity index (χ1v) is 8.59. The van der Waals surface area contributed by atoms with E-state index in [1.54, 1.807) is 14.1 Å². The molecule has 0 bridgehead atoms. The number of hydrogen-bond acceptors (Lipinski definition) is 5. The van der Waals surface area contributed by atoms with E-state index in [1.807, 2.05) is 6.92 Å². The van der Waals surface area contributed by atoms with E-state index in [0.29, 0.717) is 6.54 Å². The second-order valence-electron chi connectivity index (χ2n) is 5.64. The van der Waals surface area contributed by atoms with Gasteiger partial charge in [-0.2, -0.15) is 9.40 Å². The lowest BCUT2D eigenvalue weighted by molar-refractivity contribution is -0.134. The number of hydrogen-bond donors (Lipinski definition) is 1. The van der Waals surface area contributed by atoms with E-state index >= 15 is 0 Å². The normalized spacial score (nSPS) is 22.9. The molecule has 124 valence electrons. The SMILES string of the molecule is CCn1cc(S(=O)(=O)N2C[C@@H](CO)[C@H](C(=O)N(C)C)C2)cn1. The van der Waals surface area contributed by atoms with E-state index in [1.165, 1.54) is 26.3 Å². The number of aliphatic hydroxyl groups is 1.